The van der Waals surface area contributed by atoms with Crippen molar-refractivity contribution in [2.24, 2.45) is 5.73 Å². The van der Waals surface area contributed by atoms with Crippen LogP contribution in [0.15, 0.2) is 0 Å². The maximum atomic E-state index is 9.47. The Morgan fingerprint density at radius 1 is 1.55 bits per heavy atom. The zero-order valence-corrected chi connectivity index (χ0v) is 6.27. The van der Waals surface area contributed by atoms with Gasteiger partial charge in [-0.25, -0.2) is 0 Å². The van der Waals surface area contributed by atoms with E-state index in [9.17, 15) is 10.2 Å². The Bertz CT molecular complexity index is 150. The summed E-state index contributed by atoms with van der Waals surface area (Å²) in [6.07, 6.45) is -2.68. The molecule has 0 amide bonds. The SMILES string of the molecule is C[C@@]1(O)[C@H](N)CO[C@@H](O)[C@@H]1O. The molecule has 0 aromatic carbocycles. The summed E-state index contributed by atoms with van der Waals surface area (Å²) in [5.74, 6) is 0. The molecule has 1 rings (SSSR count). The predicted octanol–water partition coefficient (Wildman–Crippen LogP) is -2.23. The quantitative estimate of drug-likeness (QED) is 0.324. The lowest BCUT2D eigenvalue weighted by molar-refractivity contribution is -0.256. The lowest BCUT2D eigenvalue weighted by Crippen LogP contribution is -2.64. The van der Waals surface area contributed by atoms with Crippen molar-refractivity contribution in [2.75, 3.05) is 6.61 Å². The first-order chi connectivity index (χ1) is 4.96. The summed E-state index contributed by atoms with van der Waals surface area (Å²) in [5.41, 5.74) is 3.94. The Morgan fingerprint density at radius 2 is 2.09 bits per heavy atom. The summed E-state index contributed by atoms with van der Waals surface area (Å²) in [7, 11) is 0. The maximum Gasteiger partial charge on any atom is 0.183 e. The van der Waals surface area contributed by atoms with Gasteiger partial charge in [-0.1, -0.05) is 0 Å². The third-order valence-electron chi connectivity index (χ3n) is 2.07. The molecular weight excluding hydrogens is 150 g/mol. The standard InChI is InChI=1S/C6H13NO4/c1-6(10)3(7)2-11-5(9)4(6)8/h3-5,8-10H,2,7H2,1H3/t3-,4+,5-,6-/m1/s1. The molecule has 1 aliphatic rings. The van der Waals surface area contributed by atoms with Crippen molar-refractivity contribution in [3.8, 4) is 0 Å². The first kappa shape index (κ1) is 8.89. The molecule has 5 heteroatoms. The summed E-state index contributed by atoms with van der Waals surface area (Å²) in [4.78, 5) is 0. The van der Waals surface area contributed by atoms with E-state index >= 15 is 0 Å². The minimum Gasteiger partial charge on any atom is -0.386 e. The predicted molar refractivity (Wildman–Crippen MR) is 36.6 cm³/mol. The van der Waals surface area contributed by atoms with E-state index in [0.717, 1.165) is 0 Å². The van der Waals surface area contributed by atoms with Gasteiger partial charge in [0.25, 0.3) is 0 Å². The van der Waals surface area contributed by atoms with Crippen LogP contribution in [0.5, 0.6) is 0 Å². The lowest BCUT2D eigenvalue weighted by atomic mass is 9.89. The fourth-order valence-corrected chi connectivity index (χ4v) is 0.970. The third kappa shape index (κ3) is 1.38. The minimum atomic E-state index is -1.47. The fourth-order valence-electron chi connectivity index (χ4n) is 0.970. The van der Waals surface area contributed by atoms with Gasteiger partial charge in [0.15, 0.2) is 6.29 Å². The topological polar surface area (TPSA) is 95.9 Å². The van der Waals surface area contributed by atoms with Gasteiger partial charge < -0.3 is 25.8 Å². The Kier molecular flexibility index (Phi) is 2.17. The molecule has 5 nitrogen and oxygen atoms in total. The molecule has 0 aromatic heterocycles. The van der Waals surface area contributed by atoms with Gasteiger partial charge in [0.2, 0.25) is 0 Å². The van der Waals surface area contributed by atoms with Gasteiger partial charge in [0.05, 0.1) is 12.6 Å². The monoisotopic (exact) mass is 163 g/mol. The van der Waals surface area contributed by atoms with Crippen LogP contribution in [-0.4, -0.2) is 46.0 Å². The normalized spacial score (nSPS) is 52.6. The summed E-state index contributed by atoms with van der Waals surface area (Å²) >= 11 is 0. The second-order valence-corrected chi connectivity index (χ2v) is 3.00. The lowest BCUT2D eigenvalue weighted by Gasteiger charge is -2.41. The van der Waals surface area contributed by atoms with E-state index in [1.54, 1.807) is 0 Å². The molecule has 1 aliphatic heterocycles. The van der Waals surface area contributed by atoms with Crippen LogP contribution in [0.3, 0.4) is 0 Å². The van der Waals surface area contributed by atoms with E-state index in [4.69, 9.17) is 10.8 Å². The summed E-state index contributed by atoms with van der Waals surface area (Å²) in [6.45, 7) is 1.42. The molecule has 0 unspecified atom stereocenters. The van der Waals surface area contributed by atoms with E-state index in [0.29, 0.717) is 0 Å². The van der Waals surface area contributed by atoms with Crippen LogP contribution in [0.25, 0.3) is 0 Å². The first-order valence-electron chi connectivity index (χ1n) is 3.42. The van der Waals surface area contributed by atoms with E-state index in [1.165, 1.54) is 6.92 Å². The van der Waals surface area contributed by atoms with Crippen LogP contribution >= 0.6 is 0 Å². The zero-order valence-electron chi connectivity index (χ0n) is 6.27. The molecule has 1 heterocycles. The molecule has 66 valence electrons. The molecule has 11 heavy (non-hydrogen) atoms. The number of nitrogens with two attached hydrogens (primary N) is 1. The van der Waals surface area contributed by atoms with Crippen molar-refractivity contribution in [2.45, 2.75) is 31.0 Å². The first-order valence-corrected chi connectivity index (χ1v) is 3.42. The molecule has 1 saturated heterocycles. The van der Waals surface area contributed by atoms with Crippen molar-refractivity contribution < 1.29 is 20.1 Å². The van der Waals surface area contributed by atoms with Gasteiger partial charge in [-0.15, -0.1) is 0 Å². The van der Waals surface area contributed by atoms with Crippen LogP contribution in [0.2, 0.25) is 0 Å². The highest BCUT2D eigenvalue weighted by Gasteiger charge is 2.45. The Hall–Kier alpha value is -0.200. The minimum absolute atomic E-state index is 0.0469. The van der Waals surface area contributed by atoms with E-state index in [2.05, 4.69) is 4.74 Å². The summed E-state index contributed by atoms with van der Waals surface area (Å²) in [5, 5.41) is 27.6. The van der Waals surface area contributed by atoms with Gasteiger partial charge in [0, 0.05) is 0 Å². The molecule has 1 fully saturated rings. The molecule has 4 atom stereocenters. The third-order valence-corrected chi connectivity index (χ3v) is 2.07. The van der Waals surface area contributed by atoms with Crippen LogP contribution in [-0.2, 0) is 4.74 Å². The highest BCUT2D eigenvalue weighted by molar-refractivity contribution is 4.96. The average molecular weight is 163 g/mol. The van der Waals surface area contributed by atoms with Crippen molar-refractivity contribution in [3.05, 3.63) is 0 Å². The van der Waals surface area contributed by atoms with Gasteiger partial charge in [-0.2, -0.15) is 0 Å². The number of hydrogen-bond donors (Lipinski definition) is 4. The highest BCUT2D eigenvalue weighted by atomic mass is 16.6. The summed E-state index contributed by atoms with van der Waals surface area (Å²) in [6, 6.07) is -0.666. The second-order valence-electron chi connectivity index (χ2n) is 3.00. The average Bonchev–Trinajstić information content (AvgIpc) is 1.95. The van der Waals surface area contributed by atoms with Crippen molar-refractivity contribution in [1.29, 1.82) is 0 Å². The maximum absolute atomic E-state index is 9.47. The smallest absolute Gasteiger partial charge is 0.183 e. The molecule has 0 radical (unpaired) electrons. The van der Waals surface area contributed by atoms with Crippen molar-refractivity contribution in [3.63, 3.8) is 0 Å². The number of aliphatic hydroxyl groups excluding tert-OH is 2. The molecule has 0 aliphatic carbocycles. The van der Waals surface area contributed by atoms with Crippen LogP contribution < -0.4 is 5.73 Å². The van der Waals surface area contributed by atoms with Crippen molar-refractivity contribution in [1.82, 2.24) is 0 Å². The fraction of sp³-hybridized carbons (Fsp3) is 1.00. The Labute approximate surface area is 64.4 Å². The van der Waals surface area contributed by atoms with Gasteiger partial charge in [0.1, 0.15) is 11.7 Å². The molecule has 0 spiro atoms. The van der Waals surface area contributed by atoms with Crippen LogP contribution in [0.1, 0.15) is 6.92 Å². The van der Waals surface area contributed by atoms with Gasteiger partial charge in [-0.05, 0) is 6.92 Å². The van der Waals surface area contributed by atoms with Crippen molar-refractivity contribution >= 4 is 0 Å². The Morgan fingerprint density at radius 3 is 2.55 bits per heavy atom. The number of hydrogen-bond acceptors (Lipinski definition) is 5. The molecule has 0 bridgehead atoms. The molecule has 5 N–H and O–H groups in total. The zero-order chi connectivity index (χ0) is 8.65. The van der Waals surface area contributed by atoms with E-state index in [-0.39, 0.29) is 6.61 Å². The van der Waals surface area contributed by atoms with Gasteiger partial charge >= 0.3 is 0 Å². The largest absolute Gasteiger partial charge is 0.386 e. The molecular formula is C6H13NO4. The van der Waals surface area contributed by atoms with Crippen LogP contribution in [0.4, 0.5) is 0 Å². The van der Waals surface area contributed by atoms with E-state index in [1.807, 2.05) is 0 Å². The molecule has 0 saturated carbocycles. The number of ether oxygens (including phenoxy) is 1. The molecule has 0 aromatic rings. The highest BCUT2D eigenvalue weighted by Crippen LogP contribution is 2.22. The van der Waals surface area contributed by atoms with Gasteiger partial charge in [-0.3, -0.25) is 0 Å². The number of rotatable bonds is 0. The van der Waals surface area contributed by atoms with E-state index < -0.39 is 24.0 Å². The van der Waals surface area contributed by atoms with Crippen LogP contribution in [0, 0.1) is 0 Å². The summed E-state index contributed by atoms with van der Waals surface area (Å²) < 4.78 is 4.66. The Balaban J connectivity index is 2.72. The number of aliphatic hydroxyl groups is 3. The second kappa shape index (κ2) is 2.69.